The van der Waals surface area contributed by atoms with Crippen molar-refractivity contribution in [3.05, 3.63) is 76.8 Å². The summed E-state index contributed by atoms with van der Waals surface area (Å²) >= 11 is 12.5. The molecule has 0 saturated carbocycles. The van der Waals surface area contributed by atoms with Gasteiger partial charge in [0.25, 0.3) is 0 Å². The van der Waals surface area contributed by atoms with Crippen LogP contribution in [0.3, 0.4) is 0 Å². The van der Waals surface area contributed by atoms with E-state index in [1.165, 1.54) is 5.39 Å². The first kappa shape index (κ1) is 25.8. The fourth-order valence-corrected chi connectivity index (χ4v) is 5.20. The van der Waals surface area contributed by atoms with Gasteiger partial charge in [-0.1, -0.05) is 74.3 Å². The van der Waals surface area contributed by atoms with Crippen molar-refractivity contribution in [2.45, 2.75) is 45.3 Å². The van der Waals surface area contributed by atoms with Crippen LogP contribution in [0.1, 0.15) is 27.2 Å². The molecule has 0 aliphatic carbocycles. The molecular weight excluding hydrogens is 495 g/mol. The van der Waals surface area contributed by atoms with Gasteiger partial charge in [-0.05, 0) is 59.2 Å². The van der Waals surface area contributed by atoms with Crippen LogP contribution in [0.4, 0.5) is 0 Å². The van der Waals surface area contributed by atoms with Gasteiger partial charge in [-0.25, -0.2) is 4.68 Å². The number of ether oxygens (including phenoxy) is 1. The largest absolute Gasteiger partial charge is 0.477 e. The van der Waals surface area contributed by atoms with Gasteiger partial charge in [-0.3, -0.25) is 0 Å². The van der Waals surface area contributed by atoms with E-state index in [1.54, 1.807) is 6.07 Å². The molecule has 0 spiro atoms. The van der Waals surface area contributed by atoms with Crippen molar-refractivity contribution in [3.63, 3.8) is 0 Å². The number of rotatable bonds is 8. The molecule has 0 bridgehead atoms. The summed E-state index contributed by atoms with van der Waals surface area (Å²) in [7, 11) is -1.77. The SMILES string of the molecule is CC(C)(C)[Si](C)(C)OCCCOc1cc(-c2cc(Cl)cc(Cl)c2)nn1-c1ccc2ccccc2c1. The fraction of sp³-hybridized carbons (Fsp3) is 0.321. The standard InChI is InChI=1S/C28H32Cl2N2O2Si/c1-28(2,3)35(4,5)34-14-8-13-33-27-19-26(22-15-23(29)18-24(30)16-22)31-32(27)25-12-11-20-9-6-7-10-21(20)17-25/h6-7,9-12,15-19H,8,13-14H2,1-5H3. The third kappa shape index (κ3) is 6.10. The number of benzene rings is 3. The quantitative estimate of drug-likeness (QED) is 0.170. The first-order valence-corrected chi connectivity index (χ1v) is 15.5. The van der Waals surface area contributed by atoms with E-state index in [1.807, 2.05) is 35.0 Å². The number of hydrogen-bond donors (Lipinski definition) is 0. The third-order valence-electron chi connectivity index (χ3n) is 6.62. The molecule has 0 atom stereocenters. The molecule has 7 heteroatoms. The van der Waals surface area contributed by atoms with Crippen molar-refractivity contribution < 1.29 is 9.16 Å². The topological polar surface area (TPSA) is 36.3 Å². The molecule has 0 fully saturated rings. The average molecular weight is 528 g/mol. The Bertz CT molecular complexity index is 1310. The van der Waals surface area contributed by atoms with Crippen LogP contribution >= 0.6 is 23.2 Å². The van der Waals surface area contributed by atoms with Crippen LogP contribution in [0, 0.1) is 0 Å². The molecule has 0 amide bonds. The molecule has 4 nitrogen and oxygen atoms in total. The summed E-state index contributed by atoms with van der Waals surface area (Å²) in [6.45, 7) is 12.5. The Balaban J connectivity index is 1.58. The normalized spacial score (nSPS) is 12.3. The molecule has 184 valence electrons. The van der Waals surface area contributed by atoms with Crippen molar-refractivity contribution in [1.29, 1.82) is 0 Å². The Morgan fingerprint density at radius 1 is 0.857 bits per heavy atom. The molecule has 3 aromatic carbocycles. The molecule has 0 unspecified atom stereocenters. The second kappa shape index (κ2) is 10.4. The van der Waals surface area contributed by atoms with Crippen molar-refractivity contribution >= 4 is 42.3 Å². The highest BCUT2D eigenvalue weighted by molar-refractivity contribution is 6.74. The summed E-state index contributed by atoms with van der Waals surface area (Å²) in [5.74, 6) is 0.665. The number of fused-ring (bicyclic) bond motifs is 1. The van der Waals surface area contributed by atoms with Crippen molar-refractivity contribution in [1.82, 2.24) is 9.78 Å². The molecule has 1 heterocycles. The van der Waals surface area contributed by atoms with Gasteiger partial charge in [-0.2, -0.15) is 5.10 Å². The van der Waals surface area contributed by atoms with Gasteiger partial charge in [0, 0.05) is 34.7 Å². The number of hydrogen-bond acceptors (Lipinski definition) is 3. The highest BCUT2D eigenvalue weighted by Crippen LogP contribution is 2.36. The Hall–Kier alpha value is -2.31. The molecule has 35 heavy (non-hydrogen) atoms. The predicted octanol–water partition coefficient (Wildman–Crippen LogP) is 8.79. The van der Waals surface area contributed by atoms with Gasteiger partial charge < -0.3 is 9.16 Å². The zero-order valence-corrected chi connectivity index (χ0v) is 23.5. The Morgan fingerprint density at radius 2 is 1.54 bits per heavy atom. The second-order valence-corrected chi connectivity index (χ2v) is 16.0. The van der Waals surface area contributed by atoms with Gasteiger partial charge in [0.15, 0.2) is 8.32 Å². The summed E-state index contributed by atoms with van der Waals surface area (Å²) in [5.41, 5.74) is 2.51. The summed E-state index contributed by atoms with van der Waals surface area (Å²) in [6.07, 6.45) is 0.799. The van der Waals surface area contributed by atoms with Crippen LogP contribution in [0.25, 0.3) is 27.7 Å². The van der Waals surface area contributed by atoms with Crippen LogP contribution in [-0.2, 0) is 4.43 Å². The van der Waals surface area contributed by atoms with E-state index < -0.39 is 8.32 Å². The van der Waals surface area contributed by atoms with Crippen LogP contribution in [0.2, 0.25) is 28.2 Å². The lowest BCUT2D eigenvalue weighted by Gasteiger charge is -2.36. The monoisotopic (exact) mass is 526 g/mol. The molecular formula is C28H32Cl2N2O2Si. The highest BCUT2D eigenvalue weighted by Gasteiger charge is 2.36. The zero-order chi connectivity index (χ0) is 25.2. The Kier molecular flexibility index (Phi) is 7.62. The highest BCUT2D eigenvalue weighted by atomic mass is 35.5. The first-order valence-electron chi connectivity index (χ1n) is 11.9. The molecule has 0 aliphatic heterocycles. The van der Waals surface area contributed by atoms with E-state index in [9.17, 15) is 0 Å². The molecule has 0 aliphatic rings. The number of aromatic nitrogens is 2. The van der Waals surface area contributed by atoms with E-state index in [4.69, 9.17) is 37.5 Å². The van der Waals surface area contributed by atoms with Crippen LogP contribution in [0.5, 0.6) is 5.88 Å². The van der Waals surface area contributed by atoms with Crippen LogP contribution in [-0.4, -0.2) is 31.3 Å². The number of nitrogens with zero attached hydrogens (tertiary/aromatic N) is 2. The summed E-state index contributed by atoms with van der Waals surface area (Å²) in [5, 5.41) is 8.50. The maximum absolute atomic E-state index is 6.30. The summed E-state index contributed by atoms with van der Waals surface area (Å²) in [6, 6.07) is 21.9. The van der Waals surface area contributed by atoms with E-state index in [0.29, 0.717) is 29.1 Å². The maximum atomic E-state index is 6.30. The lowest BCUT2D eigenvalue weighted by molar-refractivity contribution is 0.226. The summed E-state index contributed by atoms with van der Waals surface area (Å²) < 4.78 is 14.4. The minimum atomic E-state index is -1.77. The lowest BCUT2D eigenvalue weighted by Crippen LogP contribution is -2.41. The predicted molar refractivity (Wildman–Crippen MR) is 150 cm³/mol. The van der Waals surface area contributed by atoms with Crippen LogP contribution in [0.15, 0.2) is 66.7 Å². The molecule has 4 aromatic rings. The van der Waals surface area contributed by atoms with Gasteiger partial charge in [-0.15, -0.1) is 0 Å². The minimum Gasteiger partial charge on any atom is -0.477 e. The number of halogens is 2. The molecule has 0 saturated heterocycles. The lowest BCUT2D eigenvalue weighted by atomic mass is 10.1. The summed E-state index contributed by atoms with van der Waals surface area (Å²) in [4.78, 5) is 0. The zero-order valence-electron chi connectivity index (χ0n) is 20.9. The van der Waals surface area contributed by atoms with Crippen molar-refractivity contribution in [2.24, 2.45) is 0 Å². The minimum absolute atomic E-state index is 0.190. The van der Waals surface area contributed by atoms with Gasteiger partial charge in [0.2, 0.25) is 5.88 Å². The third-order valence-corrected chi connectivity index (χ3v) is 11.6. The fourth-order valence-electron chi connectivity index (χ4n) is 3.58. The maximum Gasteiger partial charge on any atom is 0.217 e. The van der Waals surface area contributed by atoms with Gasteiger partial charge >= 0.3 is 0 Å². The van der Waals surface area contributed by atoms with E-state index in [2.05, 4.69) is 64.2 Å². The molecule has 1 aromatic heterocycles. The molecule has 0 N–H and O–H groups in total. The van der Waals surface area contributed by atoms with E-state index >= 15 is 0 Å². The van der Waals surface area contributed by atoms with E-state index in [-0.39, 0.29) is 5.04 Å². The molecule has 0 radical (unpaired) electrons. The van der Waals surface area contributed by atoms with Crippen LogP contribution < -0.4 is 4.74 Å². The van der Waals surface area contributed by atoms with Crippen molar-refractivity contribution in [3.8, 4) is 22.8 Å². The second-order valence-electron chi connectivity index (χ2n) is 10.3. The smallest absolute Gasteiger partial charge is 0.217 e. The Morgan fingerprint density at radius 3 is 2.23 bits per heavy atom. The average Bonchev–Trinajstić information content (AvgIpc) is 3.21. The van der Waals surface area contributed by atoms with Gasteiger partial charge in [0.1, 0.15) is 0 Å². The first-order chi connectivity index (χ1) is 16.5. The molecule has 4 rings (SSSR count). The van der Waals surface area contributed by atoms with Gasteiger partial charge in [0.05, 0.1) is 18.0 Å². The van der Waals surface area contributed by atoms with E-state index in [0.717, 1.165) is 28.8 Å². The Labute approximate surface area is 218 Å². The van der Waals surface area contributed by atoms with Crippen molar-refractivity contribution in [2.75, 3.05) is 13.2 Å².